The number of hydrogen-bond acceptors (Lipinski definition) is 6. The highest BCUT2D eigenvalue weighted by molar-refractivity contribution is 7.89. The molecule has 1 amide bonds. The molecule has 1 aromatic carbocycles. The second-order valence-corrected chi connectivity index (χ2v) is 9.08. The van der Waals surface area contributed by atoms with E-state index in [1.54, 1.807) is 0 Å². The fourth-order valence-electron chi connectivity index (χ4n) is 3.28. The van der Waals surface area contributed by atoms with Crippen molar-refractivity contribution in [2.75, 3.05) is 20.8 Å². The van der Waals surface area contributed by atoms with Crippen molar-refractivity contribution in [2.45, 2.75) is 44.0 Å². The molecule has 0 radical (unpaired) electrons. The lowest BCUT2D eigenvalue weighted by Gasteiger charge is -2.34. The van der Waals surface area contributed by atoms with Crippen LogP contribution in [0.4, 0.5) is 0 Å². The molecule has 1 saturated carbocycles. The molecule has 9 heteroatoms. The molecule has 156 valence electrons. The Bertz CT molecular complexity index is 810. The Morgan fingerprint density at radius 2 is 1.96 bits per heavy atom. The summed E-state index contributed by atoms with van der Waals surface area (Å²) in [5.74, 6) is -0.218. The van der Waals surface area contributed by atoms with Crippen molar-refractivity contribution >= 4 is 21.9 Å². The third kappa shape index (κ3) is 5.30. The van der Waals surface area contributed by atoms with Crippen molar-refractivity contribution in [1.82, 2.24) is 9.79 Å². The van der Waals surface area contributed by atoms with Crippen LogP contribution in [0.25, 0.3) is 0 Å². The summed E-state index contributed by atoms with van der Waals surface area (Å²) in [7, 11) is -1.41. The largest absolute Gasteiger partial charge is 0.452 e. The number of amides is 1. The Hall–Kier alpha value is -1.97. The van der Waals surface area contributed by atoms with Gasteiger partial charge in [0.15, 0.2) is 6.61 Å². The van der Waals surface area contributed by atoms with Crippen LogP contribution in [0, 0.1) is 11.8 Å². The molecule has 1 fully saturated rings. The Morgan fingerprint density at radius 3 is 2.64 bits per heavy atom. The Kier molecular flexibility index (Phi) is 7.56. The molecule has 0 saturated heterocycles. The number of nitrogens with one attached hydrogen (secondary N) is 1. The van der Waals surface area contributed by atoms with Gasteiger partial charge in [-0.25, -0.2) is 13.2 Å². The summed E-state index contributed by atoms with van der Waals surface area (Å²) in [5, 5.41) is 2.93. The topological polar surface area (TPSA) is 102 Å². The summed E-state index contributed by atoms with van der Waals surface area (Å²) in [6, 6.07) is 5.47. The Labute approximate surface area is 166 Å². The Balaban J connectivity index is 1.96. The molecule has 0 unspecified atom stereocenters. The van der Waals surface area contributed by atoms with Gasteiger partial charge in [0.2, 0.25) is 0 Å². The van der Waals surface area contributed by atoms with E-state index in [1.807, 2.05) is 0 Å². The molecule has 2 rings (SSSR count). The van der Waals surface area contributed by atoms with E-state index >= 15 is 0 Å². The van der Waals surface area contributed by atoms with Crippen molar-refractivity contribution in [3.63, 3.8) is 0 Å². The standard InChI is InChI=1S/C19H28N2O6S/c1-13-7-5-10-17(14(13)2)20-18(22)12-27-19(23)15-8-6-9-16(11-15)28(24,25)21(3)26-4/h6,8-9,11,13-14,17H,5,7,10,12H2,1-4H3,(H,20,22)/t13-,14+,17-/m0/s1. The lowest BCUT2D eigenvalue weighted by molar-refractivity contribution is -0.125. The van der Waals surface area contributed by atoms with E-state index in [0.29, 0.717) is 16.3 Å². The molecule has 8 nitrogen and oxygen atoms in total. The van der Waals surface area contributed by atoms with Gasteiger partial charge in [0, 0.05) is 13.1 Å². The van der Waals surface area contributed by atoms with E-state index in [0.717, 1.165) is 19.3 Å². The van der Waals surface area contributed by atoms with Gasteiger partial charge < -0.3 is 10.1 Å². The maximum absolute atomic E-state index is 12.3. The first-order valence-electron chi connectivity index (χ1n) is 9.26. The van der Waals surface area contributed by atoms with Gasteiger partial charge in [-0.1, -0.05) is 37.2 Å². The van der Waals surface area contributed by atoms with Gasteiger partial charge in [-0.2, -0.15) is 0 Å². The van der Waals surface area contributed by atoms with Crippen LogP contribution in [0.1, 0.15) is 43.5 Å². The first kappa shape index (κ1) is 22.3. The lowest BCUT2D eigenvalue weighted by atomic mass is 9.78. The quantitative estimate of drug-likeness (QED) is 0.543. The molecule has 0 bridgehead atoms. The zero-order chi connectivity index (χ0) is 20.9. The third-order valence-corrected chi connectivity index (χ3v) is 7.03. The number of esters is 1. The summed E-state index contributed by atoms with van der Waals surface area (Å²) in [6.07, 6.45) is 3.13. The molecular weight excluding hydrogens is 384 g/mol. The molecule has 1 N–H and O–H groups in total. The van der Waals surface area contributed by atoms with Crippen molar-refractivity contribution < 1.29 is 27.6 Å². The summed E-state index contributed by atoms with van der Waals surface area (Å²) >= 11 is 0. The fourth-order valence-corrected chi connectivity index (χ4v) is 4.30. The summed E-state index contributed by atoms with van der Waals surface area (Å²) < 4.78 is 30.3. The molecule has 0 spiro atoms. The van der Waals surface area contributed by atoms with Crippen molar-refractivity contribution in [1.29, 1.82) is 0 Å². The highest BCUT2D eigenvalue weighted by atomic mass is 32.2. The van der Waals surface area contributed by atoms with Crippen molar-refractivity contribution in [3.05, 3.63) is 29.8 Å². The van der Waals surface area contributed by atoms with Crippen LogP contribution >= 0.6 is 0 Å². The van der Waals surface area contributed by atoms with Gasteiger partial charge in [0.1, 0.15) is 0 Å². The van der Waals surface area contributed by atoms with Gasteiger partial charge >= 0.3 is 5.97 Å². The van der Waals surface area contributed by atoms with E-state index < -0.39 is 22.6 Å². The minimum atomic E-state index is -3.88. The zero-order valence-electron chi connectivity index (χ0n) is 16.7. The third-order valence-electron chi connectivity index (χ3n) is 5.35. The predicted molar refractivity (Wildman–Crippen MR) is 103 cm³/mol. The van der Waals surface area contributed by atoms with Gasteiger partial charge in [-0.15, -0.1) is 0 Å². The van der Waals surface area contributed by atoms with Crippen LogP contribution in [-0.4, -0.2) is 51.6 Å². The van der Waals surface area contributed by atoms with Gasteiger partial charge in [0.25, 0.3) is 15.9 Å². The van der Waals surface area contributed by atoms with E-state index in [4.69, 9.17) is 9.57 Å². The normalized spacial score (nSPS) is 22.7. The predicted octanol–water partition coefficient (Wildman–Crippen LogP) is 1.97. The number of nitrogens with zero attached hydrogens (tertiary/aromatic N) is 1. The molecule has 28 heavy (non-hydrogen) atoms. The SMILES string of the molecule is CON(C)S(=O)(=O)c1cccc(C(=O)OCC(=O)N[C@H]2CCC[C@H](C)[C@H]2C)c1. The number of rotatable bonds is 7. The molecule has 0 aromatic heterocycles. The molecule has 0 aliphatic heterocycles. The molecule has 0 heterocycles. The van der Waals surface area contributed by atoms with Gasteiger partial charge in [0.05, 0.1) is 17.6 Å². The first-order valence-corrected chi connectivity index (χ1v) is 10.7. The molecule has 3 atom stereocenters. The summed E-state index contributed by atoms with van der Waals surface area (Å²) in [4.78, 5) is 29.0. The van der Waals surface area contributed by atoms with Crippen molar-refractivity contribution in [3.8, 4) is 0 Å². The Morgan fingerprint density at radius 1 is 1.25 bits per heavy atom. The highest BCUT2D eigenvalue weighted by Crippen LogP contribution is 2.29. The number of carbonyl (C=O) groups is 2. The average molecular weight is 413 g/mol. The van der Waals surface area contributed by atoms with Crippen molar-refractivity contribution in [2.24, 2.45) is 11.8 Å². The average Bonchev–Trinajstić information content (AvgIpc) is 2.69. The molecular formula is C19H28N2O6S. The smallest absolute Gasteiger partial charge is 0.338 e. The molecule has 1 aromatic rings. The van der Waals surface area contributed by atoms with E-state index in [2.05, 4.69) is 19.2 Å². The fraction of sp³-hybridized carbons (Fsp3) is 0.579. The van der Waals surface area contributed by atoms with E-state index in [1.165, 1.54) is 38.4 Å². The monoisotopic (exact) mass is 412 g/mol. The second-order valence-electron chi connectivity index (χ2n) is 7.14. The van der Waals surface area contributed by atoms with Crippen LogP contribution in [0.2, 0.25) is 0 Å². The lowest BCUT2D eigenvalue weighted by Crippen LogP contribution is -2.45. The second kappa shape index (κ2) is 9.49. The van der Waals surface area contributed by atoms with E-state index in [9.17, 15) is 18.0 Å². The maximum Gasteiger partial charge on any atom is 0.338 e. The number of hydrogen-bond donors (Lipinski definition) is 1. The highest BCUT2D eigenvalue weighted by Gasteiger charge is 2.28. The number of ether oxygens (including phenoxy) is 1. The van der Waals surface area contributed by atoms with Gasteiger partial charge in [-0.3, -0.25) is 9.63 Å². The summed E-state index contributed by atoms with van der Waals surface area (Å²) in [5.41, 5.74) is 0.0398. The zero-order valence-corrected chi connectivity index (χ0v) is 17.5. The van der Waals surface area contributed by atoms with E-state index in [-0.39, 0.29) is 22.4 Å². The van der Waals surface area contributed by atoms with Crippen LogP contribution < -0.4 is 5.32 Å². The summed E-state index contributed by atoms with van der Waals surface area (Å²) in [6.45, 7) is 3.88. The maximum atomic E-state index is 12.3. The van der Waals surface area contributed by atoms with Gasteiger partial charge in [-0.05, 0) is 36.5 Å². The minimum Gasteiger partial charge on any atom is -0.452 e. The number of benzene rings is 1. The van der Waals surface area contributed by atoms with Crippen LogP contribution in [0.5, 0.6) is 0 Å². The molecule has 1 aliphatic carbocycles. The molecule has 1 aliphatic rings. The minimum absolute atomic E-state index is 0.0398. The number of hydroxylamine groups is 1. The number of carbonyl (C=O) groups excluding carboxylic acids is 2. The van der Waals surface area contributed by atoms with Crippen LogP contribution in [-0.2, 0) is 24.4 Å². The number of sulfonamides is 1. The van der Waals surface area contributed by atoms with Crippen LogP contribution in [0.3, 0.4) is 0 Å². The van der Waals surface area contributed by atoms with Crippen LogP contribution in [0.15, 0.2) is 29.2 Å². The first-order chi connectivity index (χ1) is 13.2.